The molecule has 2 rings (SSSR count). The largest absolute Gasteiger partial charge is 0.497 e. The lowest BCUT2D eigenvalue weighted by atomic mass is 9.92. The second-order valence-electron chi connectivity index (χ2n) is 3.71. The maximum Gasteiger partial charge on any atom is 0.119 e. The van der Waals surface area contributed by atoms with Gasteiger partial charge >= 0.3 is 0 Å². The molecule has 0 bridgehead atoms. The molecule has 80 valence electrons. The number of aryl methyl sites for hydroxylation is 1. The van der Waals surface area contributed by atoms with Crippen LogP contribution in [0, 0.1) is 11.8 Å². The van der Waals surface area contributed by atoms with Crippen LogP contribution < -0.4 is 4.74 Å². The quantitative estimate of drug-likeness (QED) is 0.647. The Hall–Kier alpha value is -1.94. The Bertz CT molecular complexity index is 498. The molecule has 0 saturated heterocycles. The lowest BCUT2D eigenvalue weighted by Gasteiger charge is -2.14. The molecule has 1 aromatic carbocycles. The Morgan fingerprint density at radius 3 is 3.00 bits per heavy atom. The van der Waals surface area contributed by atoms with Gasteiger partial charge in [-0.25, -0.2) is 0 Å². The second-order valence-corrected chi connectivity index (χ2v) is 3.71. The number of ether oxygens (including phenoxy) is 1. The fraction of sp³-hybridized carbons (Fsp3) is 0.200. The Balaban J connectivity index is 2.34. The molecule has 0 spiro atoms. The fourth-order valence-corrected chi connectivity index (χ4v) is 1.84. The zero-order valence-corrected chi connectivity index (χ0v) is 9.42. The van der Waals surface area contributed by atoms with Crippen LogP contribution in [0.1, 0.15) is 17.5 Å². The summed E-state index contributed by atoms with van der Waals surface area (Å²) in [4.78, 5) is 0. The van der Waals surface area contributed by atoms with Crippen molar-refractivity contribution >= 4 is 6.08 Å². The van der Waals surface area contributed by atoms with E-state index in [0.29, 0.717) is 0 Å². The van der Waals surface area contributed by atoms with Crippen LogP contribution in [0.3, 0.4) is 0 Å². The highest BCUT2D eigenvalue weighted by Gasteiger charge is 2.09. The van der Waals surface area contributed by atoms with Gasteiger partial charge in [-0.2, -0.15) is 0 Å². The summed E-state index contributed by atoms with van der Waals surface area (Å²) in [5.74, 6) is 6.92. The molecule has 0 amide bonds. The van der Waals surface area contributed by atoms with E-state index < -0.39 is 0 Å². The summed E-state index contributed by atoms with van der Waals surface area (Å²) in [6, 6.07) is 6.17. The molecule has 1 aliphatic rings. The number of hydrogen-bond acceptors (Lipinski definition) is 1. The van der Waals surface area contributed by atoms with Crippen molar-refractivity contribution in [3.05, 3.63) is 47.6 Å². The normalized spacial score (nSPS) is 12.9. The molecule has 0 aliphatic heterocycles. The molecule has 0 unspecified atom stereocenters. The Kier molecular flexibility index (Phi) is 3.12. The van der Waals surface area contributed by atoms with Gasteiger partial charge in [-0.15, -0.1) is 0 Å². The van der Waals surface area contributed by atoms with Gasteiger partial charge in [0.2, 0.25) is 0 Å². The van der Waals surface area contributed by atoms with E-state index in [-0.39, 0.29) is 0 Å². The summed E-state index contributed by atoms with van der Waals surface area (Å²) >= 11 is 0. The molecule has 0 heterocycles. The van der Waals surface area contributed by atoms with E-state index >= 15 is 0 Å². The van der Waals surface area contributed by atoms with Gasteiger partial charge in [-0.05, 0) is 48.3 Å². The summed E-state index contributed by atoms with van der Waals surface area (Å²) in [7, 11) is 1.70. The molecular formula is C15H14O. The maximum atomic E-state index is 5.21. The lowest BCUT2D eigenvalue weighted by molar-refractivity contribution is 0.414. The van der Waals surface area contributed by atoms with Gasteiger partial charge in [0.05, 0.1) is 7.11 Å². The highest BCUT2D eigenvalue weighted by Crippen LogP contribution is 2.26. The molecule has 0 fully saturated rings. The van der Waals surface area contributed by atoms with E-state index in [1.807, 2.05) is 6.07 Å². The van der Waals surface area contributed by atoms with Crippen LogP contribution in [0.5, 0.6) is 5.75 Å². The highest BCUT2D eigenvalue weighted by molar-refractivity contribution is 5.65. The van der Waals surface area contributed by atoms with Crippen LogP contribution in [-0.4, -0.2) is 7.11 Å². The van der Waals surface area contributed by atoms with E-state index in [0.717, 1.165) is 18.6 Å². The minimum atomic E-state index is 0.924. The van der Waals surface area contributed by atoms with E-state index in [4.69, 9.17) is 4.74 Å². The molecule has 0 radical (unpaired) electrons. The average Bonchev–Trinajstić information content (AvgIpc) is 2.35. The van der Waals surface area contributed by atoms with Crippen molar-refractivity contribution in [3.8, 4) is 17.6 Å². The predicted octanol–water partition coefficient (Wildman–Crippen LogP) is 3.21. The number of allylic oxidation sites excluding steroid dienone is 2. The van der Waals surface area contributed by atoms with Gasteiger partial charge in [-0.1, -0.05) is 24.5 Å². The van der Waals surface area contributed by atoms with Crippen LogP contribution in [0.2, 0.25) is 0 Å². The first-order chi connectivity index (χ1) is 7.83. The van der Waals surface area contributed by atoms with Crippen molar-refractivity contribution in [2.45, 2.75) is 12.8 Å². The number of benzene rings is 1. The fourth-order valence-electron chi connectivity index (χ4n) is 1.84. The summed E-state index contributed by atoms with van der Waals surface area (Å²) in [5, 5.41) is 0. The van der Waals surface area contributed by atoms with Crippen LogP contribution in [-0.2, 0) is 6.42 Å². The van der Waals surface area contributed by atoms with Crippen molar-refractivity contribution in [3.63, 3.8) is 0 Å². The summed E-state index contributed by atoms with van der Waals surface area (Å²) < 4.78 is 5.21. The van der Waals surface area contributed by atoms with Gasteiger partial charge in [0.15, 0.2) is 0 Å². The van der Waals surface area contributed by atoms with Crippen molar-refractivity contribution in [2.75, 3.05) is 7.11 Å². The van der Waals surface area contributed by atoms with E-state index in [2.05, 4.69) is 36.6 Å². The monoisotopic (exact) mass is 210 g/mol. The van der Waals surface area contributed by atoms with Gasteiger partial charge in [0.25, 0.3) is 0 Å². The standard InChI is InChI=1S/C15H14O/c1-3-4-5-12-6-7-14-11-15(16-2)9-8-13(14)10-12/h3,8-11H,1,6-7H2,2H3. The molecular weight excluding hydrogens is 196 g/mol. The zero-order valence-electron chi connectivity index (χ0n) is 9.42. The Labute approximate surface area is 96.4 Å². The highest BCUT2D eigenvalue weighted by atomic mass is 16.5. The summed E-state index contributed by atoms with van der Waals surface area (Å²) in [6.07, 6.45) is 5.81. The van der Waals surface area contributed by atoms with Gasteiger partial charge in [0.1, 0.15) is 5.75 Å². The van der Waals surface area contributed by atoms with Crippen molar-refractivity contribution in [1.82, 2.24) is 0 Å². The molecule has 1 heteroatoms. The number of hydrogen-bond donors (Lipinski definition) is 0. The first kappa shape index (κ1) is 10.6. The Morgan fingerprint density at radius 2 is 2.25 bits per heavy atom. The van der Waals surface area contributed by atoms with Gasteiger partial charge in [-0.3, -0.25) is 0 Å². The number of rotatable bonds is 1. The van der Waals surface area contributed by atoms with Gasteiger partial charge < -0.3 is 4.74 Å². The molecule has 0 atom stereocenters. The maximum absolute atomic E-state index is 5.21. The molecule has 0 saturated carbocycles. The van der Waals surface area contributed by atoms with Crippen LogP contribution in [0.25, 0.3) is 6.08 Å². The van der Waals surface area contributed by atoms with E-state index in [9.17, 15) is 0 Å². The first-order valence-corrected chi connectivity index (χ1v) is 5.33. The minimum Gasteiger partial charge on any atom is -0.497 e. The third-order valence-electron chi connectivity index (χ3n) is 2.68. The SMILES string of the molecule is C=CC#CC1=Cc2ccc(OC)cc2CC1. The molecule has 16 heavy (non-hydrogen) atoms. The van der Waals surface area contributed by atoms with Crippen LogP contribution in [0.4, 0.5) is 0 Å². The molecule has 1 aromatic rings. The summed E-state index contributed by atoms with van der Waals surface area (Å²) in [5.41, 5.74) is 3.77. The van der Waals surface area contributed by atoms with E-state index in [1.54, 1.807) is 13.2 Å². The Morgan fingerprint density at radius 1 is 1.38 bits per heavy atom. The average molecular weight is 210 g/mol. The number of methoxy groups -OCH3 is 1. The summed E-state index contributed by atoms with van der Waals surface area (Å²) in [6.45, 7) is 3.59. The smallest absolute Gasteiger partial charge is 0.119 e. The van der Waals surface area contributed by atoms with E-state index in [1.165, 1.54) is 16.7 Å². The topological polar surface area (TPSA) is 9.23 Å². The van der Waals surface area contributed by atoms with Crippen molar-refractivity contribution in [1.29, 1.82) is 0 Å². The molecule has 1 aliphatic carbocycles. The predicted molar refractivity (Wildman–Crippen MR) is 67.3 cm³/mol. The minimum absolute atomic E-state index is 0.924. The lowest BCUT2D eigenvalue weighted by Crippen LogP contribution is -1.98. The third kappa shape index (κ3) is 2.17. The molecule has 1 nitrogen and oxygen atoms in total. The molecule has 0 N–H and O–H groups in total. The van der Waals surface area contributed by atoms with Crippen molar-refractivity contribution < 1.29 is 4.74 Å². The van der Waals surface area contributed by atoms with Crippen LogP contribution in [0.15, 0.2) is 36.4 Å². The number of fused-ring (bicyclic) bond motifs is 1. The van der Waals surface area contributed by atoms with Crippen LogP contribution >= 0.6 is 0 Å². The second kappa shape index (κ2) is 4.72. The zero-order chi connectivity index (χ0) is 11.4. The first-order valence-electron chi connectivity index (χ1n) is 5.33. The third-order valence-corrected chi connectivity index (χ3v) is 2.68. The van der Waals surface area contributed by atoms with Gasteiger partial charge in [0, 0.05) is 5.57 Å². The molecule has 0 aromatic heterocycles. The van der Waals surface area contributed by atoms with Crippen molar-refractivity contribution in [2.24, 2.45) is 0 Å².